The van der Waals surface area contributed by atoms with Crippen LogP contribution in [0.3, 0.4) is 0 Å². The highest BCUT2D eigenvalue weighted by atomic mass is 16.2. The van der Waals surface area contributed by atoms with E-state index in [0.29, 0.717) is 6.04 Å². The van der Waals surface area contributed by atoms with Gasteiger partial charge in [0.15, 0.2) is 0 Å². The second kappa shape index (κ2) is 6.53. The SMILES string of the molecule is CCCC(N)C(=O)N1CCC(N2CCCC2)CC1. The van der Waals surface area contributed by atoms with Gasteiger partial charge in [-0.05, 0) is 45.2 Å². The van der Waals surface area contributed by atoms with Crippen LogP contribution in [0.2, 0.25) is 0 Å². The molecule has 0 radical (unpaired) electrons. The maximum Gasteiger partial charge on any atom is 0.239 e. The minimum atomic E-state index is -0.279. The molecule has 4 heteroatoms. The Bertz CT molecular complexity index is 268. The summed E-state index contributed by atoms with van der Waals surface area (Å²) in [6, 6.07) is 0.428. The molecule has 0 aromatic carbocycles. The Morgan fingerprint density at radius 3 is 2.39 bits per heavy atom. The van der Waals surface area contributed by atoms with E-state index in [1.165, 1.54) is 25.9 Å². The summed E-state index contributed by atoms with van der Waals surface area (Å²) in [5, 5.41) is 0. The van der Waals surface area contributed by atoms with Crippen LogP contribution in [0, 0.1) is 0 Å². The van der Waals surface area contributed by atoms with Crippen LogP contribution in [0.15, 0.2) is 0 Å². The molecule has 0 aliphatic carbocycles. The van der Waals surface area contributed by atoms with Crippen molar-refractivity contribution in [3.63, 3.8) is 0 Å². The van der Waals surface area contributed by atoms with Gasteiger partial charge in [-0.3, -0.25) is 4.79 Å². The fourth-order valence-corrected chi connectivity index (χ4v) is 3.23. The summed E-state index contributed by atoms with van der Waals surface area (Å²) < 4.78 is 0. The van der Waals surface area contributed by atoms with Crippen LogP contribution in [-0.4, -0.2) is 54.0 Å². The minimum absolute atomic E-state index is 0.164. The predicted molar refractivity (Wildman–Crippen MR) is 73.3 cm³/mol. The number of rotatable bonds is 4. The van der Waals surface area contributed by atoms with E-state index < -0.39 is 0 Å². The highest BCUT2D eigenvalue weighted by Gasteiger charge is 2.29. The number of amides is 1. The van der Waals surface area contributed by atoms with Gasteiger partial charge in [0.25, 0.3) is 0 Å². The zero-order valence-corrected chi connectivity index (χ0v) is 11.6. The maximum atomic E-state index is 12.1. The Balaban J connectivity index is 1.77. The average molecular weight is 253 g/mol. The van der Waals surface area contributed by atoms with Gasteiger partial charge in [-0.25, -0.2) is 0 Å². The fourth-order valence-electron chi connectivity index (χ4n) is 3.23. The first kappa shape index (κ1) is 13.8. The van der Waals surface area contributed by atoms with E-state index >= 15 is 0 Å². The van der Waals surface area contributed by atoms with E-state index in [9.17, 15) is 4.79 Å². The highest BCUT2D eigenvalue weighted by molar-refractivity contribution is 5.81. The molecule has 4 nitrogen and oxygen atoms in total. The molecule has 2 aliphatic rings. The lowest BCUT2D eigenvalue weighted by Crippen LogP contribution is -2.50. The zero-order chi connectivity index (χ0) is 13.0. The molecular weight excluding hydrogens is 226 g/mol. The summed E-state index contributed by atoms with van der Waals surface area (Å²) in [4.78, 5) is 16.7. The first-order chi connectivity index (χ1) is 8.72. The number of nitrogens with two attached hydrogens (primary N) is 1. The number of hydrogen-bond donors (Lipinski definition) is 1. The lowest BCUT2D eigenvalue weighted by Gasteiger charge is -2.37. The largest absolute Gasteiger partial charge is 0.341 e. The third-order valence-corrected chi connectivity index (χ3v) is 4.35. The molecule has 2 heterocycles. The van der Waals surface area contributed by atoms with Crippen LogP contribution in [0.25, 0.3) is 0 Å². The first-order valence-corrected chi connectivity index (χ1v) is 7.50. The summed E-state index contributed by atoms with van der Waals surface area (Å²) in [7, 11) is 0. The van der Waals surface area contributed by atoms with Gasteiger partial charge < -0.3 is 15.5 Å². The van der Waals surface area contributed by atoms with Crippen LogP contribution >= 0.6 is 0 Å². The summed E-state index contributed by atoms with van der Waals surface area (Å²) in [6.45, 7) is 6.39. The van der Waals surface area contributed by atoms with Crippen LogP contribution in [0.1, 0.15) is 45.4 Å². The molecule has 1 amide bonds. The van der Waals surface area contributed by atoms with Gasteiger partial charge in [-0.2, -0.15) is 0 Å². The average Bonchev–Trinajstić information content (AvgIpc) is 2.92. The van der Waals surface area contributed by atoms with Crippen molar-refractivity contribution in [3.05, 3.63) is 0 Å². The van der Waals surface area contributed by atoms with Crippen molar-refractivity contribution >= 4 is 5.91 Å². The number of nitrogens with zero attached hydrogens (tertiary/aromatic N) is 2. The molecule has 0 aromatic rings. The predicted octanol–water partition coefficient (Wildman–Crippen LogP) is 1.20. The van der Waals surface area contributed by atoms with Gasteiger partial charge in [0.2, 0.25) is 5.91 Å². The molecule has 2 aliphatic heterocycles. The van der Waals surface area contributed by atoms with E-state index in [0.717, 1.165) is 38.8 Å². The Morgan fingerprint density at radius 1 is 1.22 bits per heavy atom. The lowest BCUT2D eigenvalue weighted by molar-refractivity contribution is -0.134. The van der Waals surface area contributed by atoms with Crippen LogP contribution in [0.5, 0.6) is 0 Å². The van der Waals surface area contributed by atoms with Gasteiger partial charge >= 0.3 is 0 Å². The van der Waals surface area contributed by atoms with E-state index in [2.05, 4.69) is 11.8 Å². The van der Waals surface area contributed by atoms with E-state index in [-0.39, 0.29) is 11.9 Å². The van der Waals surface area contributed by atoms with Crippen molar-refractivity contribution in [2.45, 2.75) is 57.5 Å². The number of hydrogen-bond acceptors (Lipinski definition) is 3. The quantitative estimate of drug-likeness (QED) is 0.819. The monoisotopic (exact) mass is 253 g/mol. The number of carbonyl (C=O) groups excluding carboxylic acids is 1. The zero-order valence-electron chi connectivity index (χ0n) is 11.6. The Labute approximate surface area is 110 Å². The molecule has 2 fully saturated rings. The minimum Gasteiger partial charge on any atom is -0.341 e. The summed E-state index contributed by atoms with van der Waals surface area (Å²) in [5.74, 6) is 0.164. The Morgan fingerprint density at radius 2 is 1.83 bits per heavy atom. The first-order valence-electron chi connectivity index (χ1n) is 7.50. The van der Waals surface area contributed by atoms with Gasteiger partial charge in [0.1, 0.15) is 0 Å². The van der Waals surface area contributed by atoms with Gasteiger partial charge in [-0.15, -0.1) is 0 Å². The van der Waals surface area contributed by atoms with Crippen molar-refractivity contribution in [2.75, 3.05) is 26.2 Å². The fraction of sp³-hybridized carbons (Fsp3) is 0.929. The Kier molecular flexibility index (Phi) is 5.01. The number of piperidine rings is 1. The Hall–Kier alpha value is -0.610. The van der Waals surface area contributed by atoms with Crippen molar-refractivity contribution in [2.24, 2.45) is 5.73 Å². The highest BCUT2D eigenvalue weighted by Crippen LogP contribution is 2.21. The molecule has 0 bridgehead atoms. The molecule has 2 rings (SSSR count). The summed E-state index contributed by atoms with van der Waals surface area (Å²) in [5.41, 5.74) is 5.91. The molecule has 2 N–H and O–H groups in total. The van der Waals surface area contributed by atoms with E-state index in [1.807, 2.05) is 4.90 Å². The van der Waals surface area contributed by atoms with E-state index in [1.54, 1.807) is 0 Å². The van der Waals surface area contributed by atoms with E-state index in [4.69, 9.17) is 5.73 Å². The smallest absolute Gasteiger partial charge is 0.239 e. The molecule has 1 unspecified atom stereocenters. The molecule has 0 saturated carbocycles. The third kappa shape index (κ3) is 3.23. The molecule has 1 atom stereocenters. The van der Waals surface area contributed by atoms with Crippen molar-refractivity contribution in [1.82, 2.24) is 9.80 Å². The van der Waals surface area contributed by atoms with Gasteiger partial charge in [0.05, 0.1) is 6.04 Å². The molecule has 0 aromatic heterocycles. The van der Waals surface area contributed by atoms with Crippen molar-refractivity contribution < 1.29 is 4.79 Å². The summed E-state index contributed by atoms with van der Waals surface area (Å²) >= 11 is 0. The second-order valence-electron chi connectivity index (χ2n) is 5.69. The van der Waals surface area contributed by atoms with Gasteiger partial charge in [0, 0.05) is 19.1 Å². The summed E-state index contributed by atoms with van der Waals surface area (Å²) in [6.07, 6.45) is 6.75. The number of likely N-dealkylation sites (tertiary alicyclic amines) is 2. The molecule has 104 valence electrons. The van der Waals surface area contributed by atoms with Crippen molar-refractivity contribution in [1.29, 1.82) is 0 Å². The molecule has 18 heavy (non-hydrogen) atoms. The normalized spacial score (nSPS) is 24.4. The van der Waals surface area contributed by atoms with Crippen molar-refractivity contribution in [3.8, 4) is 0 Å². The van der Waals surface area contributed by atoms with Crippen LogP contribution in [-0.2, 0) is 4.79 Å². The molecule has 2 saturated heterocycles. The number of carbonyl (C=O) groups is 1. The molecular formula is C14H27N3O. The second-order valence-corrected chi connectivity index (χ2v) is 5.69. The lowest BCUT2D eigenvalue weighted by atomic mass is 10.0. The van der Waals surface area contributed by atoms with Crippen LogP contribution in [0.4, 0.5) is 0 Å². The maximum absolute atomic E-state index is 12.1. The topological polar surface area (TPSA) is 49.6 Å². The molecule has 0 spiro atoms. The third-order valence-electron chi connectivity index (χ3n) is 4.35. The van der Waals surface area contributed by atoms with Gasteiger partial charge in [-0.1, -0.05) is 13.3 Å². The van der Waals surface area contributed by atoms with Crippen LogP contribution < -0.4 is 5.73 Å². The standard InChI is InChI=1S/C14H27N3O/c1-2-5-13(15)14(18)17-10-6-12(7-11-17)16-8-3-4-9-16/h12-13H,2-11,15H2,1H3.